The highest BCUT2D eigenvalue weighted by Gasteiger charge is 2.14. The van der Waals surface area contributed by atoms with Gasteiger partial charge in [-0.15, -0.1) is 0 Å². The number of para-hydroxylation sites is 1. The lowest BCUT2D eigenvalue weighted by atomic mass is 10.1. The van der Waals surface area contributed by atoms with Gasteiger partial charge in [0.15, 0.2) is 0 Å². The quantitative estimate of drug-likeness (QED) is 0.667. The van der Waals surface area contributed by atoms with E-state index < -0.39 is 11.4 Å². The minimum absolute atomic E-state index is 0.198. The van der Waals surface area contributed by atoms with E-state index in [-0.39, 0.29) is 5.56 Å². The Morgan fingerprint density at radius 2 is 2.06 bits per heavy atom. The van der Waals surface area contributed by atoms with Gasteiger partial charge in [0.1, 0.15) is 5.56 Å². The zero-order valence-electron chi connectivity index (χ0n) is 8.18. The summed E-state index contributed by atoms with van der Waals surface area (Å²) in [5, 5.41) is 10.3. The van der Waals surface area contributed by atoms with Crippen molar-refractivity contribution in [2.45, 2.75) is 0 Å². The van der Waals surface area contributed by atoms with Crippen molar-refractivity contribution in [1.29, 1.82) is 0 Å². The van der Waals surface area contributed by atoms with Crippen LogP contribution in [0.3, 0.4) is 0 Å². The molecule has 0 aliphatic rings. The number of nitrogens with zero attached hydrogens (tertiary/aromatic N) is 1. The number of hydrogen-bond donors (Lipinski definition) is 1. The standard InChI is InChI=1S/C12H7NO3/c14-11-8-3-1-2-7-4-5-13(10(7)8)6-9(11)12(15)16/h1-6H,(H,15,16). The first-order valence-corrected chi connectivity index (χ1v) is 4.78. The highest BCUT2D eigenvalue weighted by atomic mass is 16.4. The molecule has 2 heterocycles. The molecule has 0 aliphatic carbocycles. The molecular formula is C12H7NO3. The van der Waals surface area contributed by atoms with E-state index in [4.69, 9.17) is 5.11 Å². The van der Waals surface area contributed by atoms with Gasteiger partial charge in [0.2, 0.25) is 5.43 Å². The van der Waals surface area contributed by atoms with Gasteiger partial charge < -0.3 is 9.51 Å². The number of rotatable bonds is 1. The van der Waals surface area contributed by atoms with Crippen molar-refractivity contribution in [2.75, 3.05) is 0 Å². The summed E-state index contributed by atoms with van der Waals surface area (Å²) < 4.78 is 1.68. The summed E-state index contributed by atoms with van der Waals surface area (Å²) in [6, 6.07) is 7.15. The molecule has 0 atom stereocenters. The Balaban J connectivity index is 2.65. The minimum Gasteiger partial charge on any atom is -0.477 e. The molecule has 0 unspecified atom stereocenters. The monoisotopic (exact) mass is 213 g/mol. The van der Waals surface area contributed by atoms with Gasteiger partial charge in [-0.3, -0.25) is 4.79 Å². The third-order valence-electron chi connectivity index (χ3n) is 2.73. The molecule has 4 heteroatoms. The molecule has 0 bridgehead atoms. The lowest BCUT2D eigenvalue weighted by Crippen LogP contribution is -2.16. The smallest absolute Gasteiger partial charge is 0.341 e. The highest BCUT2D eigenvalue weighted by Crippen LogP contribution is 2.19. The van der Waals surface area contributed by atoms with Gasteiger partial charge in [0.05, 0.1) is 5.52 Å². The number of aromatic nitrogens is 1. The van der Waals surface area contributed by atoms with E-state index in [2.05, 4.69) is 0 Å². The summed E-state index contributed by atoms with van der Waals surface area (Å²) in [5.74, 6) is -1.19. The van der Waals surface area contributed by atoms with E-state index in [1.165, 1.54) is 6.20 Å². The summed E-state index contributed by atoms with van der Waals surface area (Å²) >= 11 is 0. The Morgan fingerprint density at radius 3 is 2.81 bits per heavy atom. The number of hydrogen-bond acceptors (Lipinski definition) is 2. The Morgan fingerprint density at radius 1 is 1.25 bits per heavy atom. The van der Waals surface area contributed by atoms with E-state index in [0.717, 1.165) is 10.9 Å². The maximum Gasteiger partial charge on any atom is 0.341 e. The predicted octanol–water partition coefficient (Wildman–Crippen LogP) is 1.59. The zero-order chi connectivity index (χ0) is 11.3. The van der Waals surface area contributed by atoms with Gasteiger partial charge in [0, 0.05) is 23.2 Å². The second-order valence-electron chi connectivity index (χ2n) is 3.64. The number of carboxylic acids is 1. The molecule has 3 rings (SSSR count). The van der Waals surface area contributed by atoms with Crippen LogP contribution in [-0.2, 0) is 0 Å². The van der Waals surface area contributed by atoms with Crippen LogP contribution < -0.4 is 5.43 Å². The van der Waals surface area contributed by atoms with Gasteiger partial charge in [-0.05, 0) is 12.1 Å². The molecule has 0 fully saturated rings. The lowest BCUT2D eigenvalue weighted by molar-refractivity contribution is 0.0695. The third-order valence-corrected chi connectivity index (χ3v) is 2.73. The first kappa shape index (κ1) is 8.91. The molecule has 0 saturated heterocycles. The largest absolute Gasteiger partial charge is 0.477 e. The number of pyridine rings is 1. The Labute approximate surface area is 89.7 Å². The van der Waals surface area contributed by atoms with Gasteiger partial charge in [-0.25, -0.2) is 4.79 Å². The molecule has 3 aromatic rings. The maximum atomic E-state index is 11.9. The summed E-state index contributed by atoms with van der Waals surface area (Å²) in [5.41, 5.74) is 0.151. The summed E-state index contributed by atoms with van der Waals surface area (Å²) in [7, 11) is 0. The minimum atomic E-state index is -1.19. The van der Waals surface area contributed by atoms with E-state index in [0.29, 0.717) is 5.39 Å². The van der Waals surface area contributed by atoms with Gasteiger partial charge in [0.25, 0.3) is 0 Å². The first-order valence-electron chi connectivity index (χ1n) is 4.78. The summed E-state index contributed by atoms with van der Waals surface area (Å²) in [6.45, 7) is 0. The molecule has 4 nitrogen and oxygen atoms in total. The summed E-state index contributed by atoms with van der Waals surface area (Å²) in [6.07, 6.45) is 3.11. The van der Waals surface area contributed by atoms with Crippen LogP contribution in [0.15, 0.2) is 41.5 Å². The fraction of sp³-hybridized carbons (Fsp3) is 0. The zero-order valence-corrected chi connectivity index (χ0v) is 8.18. The maximum absolute atomic E-state index is 11.9. The van der Waals surface area contributed by atoms with Crippen LogP contribution in [0.4, 0.5) is 0 Å². The normalized spacial score (nSPS) is 11.2. The summed E-state index contributed by atoms with van der Waals surface area (Å²) in [4.78, 5) is 22.8. The average Bonchev–Trinajstić information content (AvgIpc) is 2.67. The van der Waals surface area contributed by atoms with Crippen molar-refractivity contribution >= 4 is 22.3 Å². The predicted molar refractivity (Wildman–Crippen MR) is 59.3 cm³/mol. The van der Waals surface area contributed by atoms with Gasteiger partial charge in [-0.2, -0.15) is 0 Å². The highest BCUT2D eigenvalue weighted by molar-refractivity contribution is 5.99. The number of carbonyl (C=O) groups is 1. The second kappa shape index (κ2) is 2.82. The molecule has 0 radical (unpaired) electrons. The van der Waals surface area contributed by atoms with Crippen LogP contribution in [0.1, 0.15) is 10.4 Å². The fourth-order valence-corrected chi connectivity index (χ4v) is 2.01. The topological polar surface area (TPSA) is 58.8 Å². The Hall–Kier alpha value is -2.36. The van der Waals surface area contributed by atoms with Crippen molar-refractivity contribution in [3.05, 3.63) is 52.4 Å². The van der Waals surface area contributed by atoms with Crippen LogP contribution in [0.2, 0.25) is 0 Å². The Bertz CT molecular complexity index is 757. The number of aromatic carboxylic acids is 1. The van der Waals surface area contributed by atoms with Crippen LogP contribution in [0, 0.1) is 0 Å². The SMILES string of the molecule is O=C(O)c1cn2ccc3cccc(c1=O)c32. The van der Waals surface area contributed by atoms with Crippen LogP contribution >= 0.6 is 0 Å². The molecule has 1 aromatic carbocycles. The van der Waals surface area contributed by atoms with Gasteiger partial charge >= 0.3 is 5.97 Å². The molecule has 0 saturated carbocycles. The molecule has 1 N–H and O–H groups in total. The molecule has 0 aliphatic heterocycles. The van der Waals surface area contributed by atoms with E-state index in [9.17, 15) is 9.59 Å². The van der Waals surface area contributed by atoms with E-state index in [1.54, 1.807) is 22.7 Å². The van der Waals surface area contributed by atoms with Crippen molar-refractivity contribution in [3.63, 3.8) is 0 Å². The molecule has 0 amide bonds. The van der Waals surface area contributed by atoms with Crippen LogP contribution in [-0.4, -0.2) is 15.5 Å². The molecular weight excluding hydrogens is 206 g/mol. The Kier molecular flexibility index (Phi) is 1.57. The third kappa shape index (κ3) is 0.982. The lowest BCUT2D eigenvalue weighted by Gasteiger charge is -2.01. The van der Waals surface area contributed by atoms with Crippen molar-refractivity contribution in [3.8, 4) is 0 Å². The second-order valence-corrected chi connectivity index (χ2v) is 3.64. The van der Waals surface area contributed by atoms with Crippen molar-refractivity contribution < 1.29 is 9.90 Å². The van der Waals surface area contributed by atoms with E-state index >= 15 is 0 Å². The van der Waals surface area contributed by atoms with Crippen molar-refractivity contribution in [1.82, 2.24) is 4.40 Å². The number of benzene rings is 1. The fourth-order valence-electron chi connectivity index (χ4n) is 2.01. The van der Waals surface area contributed by atoms with E-state index in [1.807, 2.05) is 12.1 Å². The molecule has 78 valence electrons. The van der Waals surface area contributed by atoms with Crippen LogP contribution in [0.25, 0.3) is 16.3 Å². The van der Waals surface area contributed by atoms with Crippen LogP contribution in [0.5, 0.6) is 0 Å². The van der Waals surface area contributed by atoms with Crippen molar-refractivity contribution in [2.24, 2.45) is 0 Å². The molecule has 16 heavy (non-hydrogen) atoms. The van der Waals surface area contributed by atoms with Gasteiger partial charge in [-0.1, -0.05) is 12.1 Å². The average molecular weight is 213 g/mol. The molecule has 0 spiro atoms. The first-order chi connectivity index (χ1) is 7.68. The number of carboxylic acid groups (broad SMARTS) is 1. The molecule has 2 aromatic heterocycles.